The summed E-state index contributed by atoms with van der Waals surface area (Å²) in [4.78, 5) is 0. The molecule has 0 saturated heterocycles. The van der Waals surface area contributed by atoms with Crippen molar-refractivity contribution in [3.63, 3.8) is 0 Å². The lowest BCUT2D eigenvalue weighted by atomic mass is 10.0. The van der Waals surface area contributed by atoms with E-state index < -0.39 is 0 Å². The maximum atomic E-state index is 14.4. The molecule has 0 fully saturated rings. The van der Waals surface area contributed by atoms with E-state index in [1.165, 1.54) is 0 Å². The fourth-order valence-electron chi connectivity index (χ4n) is 2.07. The highest BCUT2D eigenvalue weighted by Crippen LogP contribution is 2.28. The average Bonchev–Trinajstić information content (AvgIpc) is 2.40. The zero-order valence-corrected chi connectivity index (χ0v) is 9.23. The van der Waals surface area contributed by atoms with Crippen LogP contribution < -0.4 is 0 Å². The second-order valence-electron chi connectivity index (χ2n) is 4.01. The van der Waals surface area contributed by atoms with E-state index in [9.17, 15) is 4.39 Å². The minimum absolute atomic E-state index is 0.144. The van der Waals surface area contributed by atoms with Gasteiger partial charge in [0.05, 0.1) is 0 Å². The predicted octanol–water partition coefficient (Wildman–Crippen LogP) is 4.65. The number of fused-ring (bicyclic) bond motifs is 1. The van der Waals surface area contributed by atoms with Crippen LogP contribution in [0.4, 0.5) is 4.39 Å². The van der Waals surface area contributed by atoms with Crippen LogP contribution in [-0.4, -0.2) is 0 Å². The van der Waals surface area contributed by atoms with Crippen molar-refractivity contribution < 1.29 is 4.39 Å². The lowest BCUT2D eigenvalue weighted by Gasteiger charge is -2.06. The smallest absolute Gasteiger partial charge is 0.138 e. The Labute approximate surface area is 99.3 Å². The summed E-state index contributed by atoms with van der Waals surface area (Å²) in [5, 5.41) is 1.61. The van der Waals surface area contributed by atoms with Crippen LogP contribution >= 0.6 is 0 Å². The second-order valence-corrected chi connectivity index (χ2v) is 4.01. The summed E-state index contributed by atoms with van der Waals surface area (Å²) < 4.78 is 14.4. The third-order valence-electron chi connectivity index (χ3n) is 2.95. The molecular weight excluding hydrogens is 211 g/mol. The summed E-state index contributed by atoms with van der Waals surface area (Å²) in [6.45, 7) is 0. The fraction of sp³-hybridized carbons (Fsp3) is 0. The molecule has 0 aromatic heterocycles. The first-order valence-corrected chi connectivity index (χ1v) is 5.59. The number of rotatable bonds is 1. The van der Waals surface area contributed by atoms with Crippen LogP contribution in [0.3, 0.4) is 0 Å². The standard InChI is InChI=1S/C16H11F/c17-16-14-9-5-4-8-13(14)10-11-15(16)12-6-2-1-3-7-12/h1-11H. The molecule has 0 saturated carbocycles. The van der Waals surface area contributed by atoms with Gasteiger partial charge in [-0.05, 0) is 10.9 Å². The normalized spacial score (nSPS) is 10.6. The fourth-order valence-corrected chi connectivity index (χ4v) is 2.07. The molecule has 0 N–H and O–H groups in total. The number of benzene rings is 3. The molecule has 0 spiro atoms. The molecule has 3 rings (SSSR count). The maximum absolute atomic E-state index is 14.4. The van der Waals surface area contributed by atoms with E-state index in [2.05, 4.69) is 0 Å². The van der Waals surface area contributed by atoms with E-state index in [-0.39, 0.29) is 5.82 Å². The van der Waals surface area contributed by atoms with Crippen LogP contribution in [0, 0.1) is 5.82 Å². The van der Waals surface area contributed by atoms with Crippen LogP contribution in [0.1, 0.15) is 0 Å². The largest absolute Gasteiger partial charge is 0.206 e. The van der Waals surface area contributed by atoms with Gasteiger partial charge >= 0.3 is 0 Å². The lowest BCUT2D eigenvalue weighted by molar-refractivity contribution is 0.643. The highest BCUT2D eigenvalue weighted by atomic mass is 19.1. The van der Waals surface area contributed by atoms with E-state index >= 15 is 0 Å². The predicted molar refractivity (Wildman–Crippen MR) is 69.3 cm³/mol. The third kappa shape index (κ3) is 1.70. The minimum Gasteiger partial charge on any atom is -0.206 e. The number of hydrogen-bond acceptors (Lipinski definition) is 0. The molecule has 3 aromatic carbocycles. The van der Waals surface area contributed by atoms with Crippen molar-refractivity contribution >= 4 is 10.8 Å². The highest BCUT2D eigenvalue weighted by Gasteiger charge is 2.07. The van der Waals surface area contributed by atoms with Crippen molar-refractivity contribution in [2.45, 2.75) is 0 Å². The molecule has 0 nitrogen and oxygen atoms in total. The van der Waals surface area contributed by atoms with Gasteiger partial charge in [-0.1, -0.05) is 66.7 Å². The molecule has 0 atom stereocenters. The molecule has 0 aliphatic rings. The molecule has 3 aromatic rings. The molecule has 0 radical (unpaired) electrons. The molecule has 1 heteroatoms. The summed E-state index contributed by atoms with van der Waals surface area (Å²) in [5.74, 6) is -0.144. The minimum atomic E-state index is -0.144. The quantitative estimate of drug-likeness (QED) is 0.562. The van der Waals surface area contributed by atoms with E-state index in [1.807, 2.05) is 66.7 Å². The zero-order chi connectivity index (χ0) is 11.7. The van der Waals surface area contributed by atoms with Gasteiger partial charge in [0, 0.05) is 10.9 Å². The van der Waals surface area contributed by atoms with Gasteiger partial charge in [-0.15, -0.1) is 0 Å². The van der Waals surface area contributed by atoms with Gasteiger partial charge in [0.15, 0.2) is 0 Å². The first-order valence-electron chi connectivity index (χ1n) is 5.59. The van der Waals surface area contributed by atoms with E-state index in [0.717, 1.165) is 10.9 Å². The molecular formula is C16H11F. The Morgan fingerprint density at radius 1 is 0.647 bits per heavy atom. The van der Waals surface area contributed by atoms with Gasteiger partial charge in [-0.3, -0.25) is 0 Å². The van der Waals surface area contributed by atoms with Crippen LogP contribution in [0.2, 0.25) is 0 Å². The van der Waals surface area contributed by atoms with Gasteiger partial charge in [-0.25, -0.2) is 4.39 Å². The Morgan fingerprint density at radius 3 is 2.18 bits per heavy atom. The molecule has 0 bridgehead atoms. The summed E-state index contributed by atoms with van der Waals surface area (Å²) in [6.07, 6.45) is 0. The monoisotopic (exact) mass is 222 g/mol. The van der Waals surface area contributed by atoms with E-state index in [0.29, 0.717) is 10.9 Å². The average molecular weight is 222 g/mol. The van der Waals surface area contributed by atoms with Crippen LogP contribution in [0.15, 0.2) is 66.7 Å². The van der Waals surface area contributed by atoms with Gasteiger partial charge in [-0.2, -0.15) is 0 Å². The Balaban J connectivity index is 2.29. The van der Waals surface area contributed by atoms with Gasteiger partial charge in [0.25, 0.3) is 0 Å². The van der Waals surface area contributed by atoms with Crippen molar-refractivity contribution in [3.8, 4) is 11.1 Å². The second kappa shape index (κ2) is 4.02. The Hall–Kier alpha value is -2.15. The van der Waals surface area contributed by atoms with Crippen LogP contribution in [-0.2, 0) is 0 Å². The molecule has 0 aliphatic heterocycles. The molecule has 0 aliphatic carbocycles. The lowest BCUT2D eigenvalue weighted by Crippen LogP contribution is -1.86. The van der Waals surface area contributed by atoms with E-state index in [1.54, 1.807) is 0 Å². The SMILES string of the molecule is Fc1c(-c2ccccc2)ccc2ccccc12. The maximum Gasteiger partial charge on any atom is 0.138 e. The number of halogens is 1. The van der Waals surface area contributed by atoms with Gasteiger partial charge < -0.3 is 0 Å². The zero-order valence-electron chi connectivity index (χ0n) is 9.23. The molecule has 0 unspecified atom stereocenters. The van der Waals surface area contributed by atoms with Crippen molar-refractivity contribution in [3.05, 3.63) is 72.5 Å². The Bertz CT molecular complexity index is 657. The van der Waals surface area contributed by atoms with E-state index in [4.69, 9.17) is 0 Å². The summed E-state index contributed by atoms with van der Waals surface area (Å²) in [7, 11) is 0. The van der Waals surface area contributed by atoms with Crippen molar-refractivity contribution in [2.24, 2.45) is 0 Å². The highest BCUT2D eigenvalue weighted by molar-refractivity contribution is 5.88. The molecule has 0 heterocycles. The first kappa shape index (κ1) is 10.0. The van der Waals surface area contributed by atoms with Gasteiger partial charge in [0.2, 0.25) is 0 Å². The molecule has 0 amide bonds. The Morgan fingerprint density at radius 2 is 1.35 bits per heavy atom. The number of hydrogen-bond donors (Lipinski definition) is 0. The summed E-state index contributed by atoms with van der Waals surface area (Å²) in [6, 6.07) is 20.9. The van der Waals surface area contributed by atoms with Crippen molar-refractivity contribution in [1.29, 1.82) is 0 Å². The molecule has 82 valence electrons. The third-order valence-corrected chi connectivity index (χ3v) is 2.95. The topological polar surface area (TPSA) is 0 Å². The summed E-state index contributed by atoms with van der Waals surface area (Å²) in [5.41, 5.74) is 1.57. The Kier molecular flexibility index (Phi) is 2.37. The first-order chi connectivity index (χ1) is 8.36. The van der Waals surface area contributed by atoms with Gasteiger partial charge in [0.1, 0.15) is 5.82 Å². The van der Waals surface area contributed by atoms with Crippen molar-refractivity contribution in [1.82, 2.24) is 0 Å². The van der Waals surface area contributed by atoms with Crippen LogP contribution in [0.5, 0.6) is 0 Å². The van der Waals surface area contributed by atoms with Crippen LogP contribution in [0.25, 0.3) is 21.9 Å². The van der Waals surface area contributed by atoms with Crippen molar-refractivity contribution in [2.75, 3.05) is 0 Å². The summed E-state index contributed by atoms with van der Waals surface area (Å²) >= 11 is 0. The molecule has 17 heavy (non-hydrogen) atoms.